The number of nitrogens with zero attached hydrogens (tertiary/aromatic N) is 1. The van der Waals surface area contributed by atoms with E-state index in [-0.39, 0.29) is 17.3 Å². The van der Waals surface area contributed by atoms with Crippen LogP contribution >= 0.6 is 11.6 Å². The number of carbonyl (C=O) groups excluding carboxylic acids is 1. The topological polar surface area (TPSA) is 42.0 Å². The lowest BCUT2D eigenvalue weighted by Crippen LogP contribution is -2.12. The third-order valence-corrected chi connectivity index (χ3v) is 2.44. The molecule has 0 aliphatic carbocycles. The highest BCUT2D eigenvalue weighted by atomic mass is 35.5. The zero-order chi connectivity index (χ0) is 12.3. The molecule has 0 aliphatic rings. The van der Waals surface area contributed by atoms with E-state index in [0.29, 0.717) is 10.7 Å². The summed E-state index contributed by atoms with van der Waals surface area (Å²) < 4.78 is 12.7. The van der Waals surface area contributed by atoms with Gasteiger partial charge in [-0.25, -0.2) is 4.39 Å². The van der Waals surface area contributed by atoms with E-state index in [2.05, 4.69) is 10.3 Å². The van der Waals surface area contributed by atoms with Crippen molar-refractivity contribution in [3.8, 4) is 0 Å². The predicted molar refractivity (Wildman–Crippen MR) is 63.6 cm³/mol. The highest BCUT2D eigenvalue weighted by Crippen LogP contribution is 2.16. The number of halogens is 2. The molecule has 17 heavy (non-hydrogen) atoms. The molecule has 1 aromatic heterocycles. The summed E-state index contributed by atoms with van der Waals surface area (Å²) in [4.78, 5) is 15.6. The highest BCUT2D eigenvalue weighted by Gasteiger charge is 2.10. The fraction of sp³-hybridized carbons (Fsp3) is 0. The van der Waals surface area contributed by atoms with Gasteiger partial charge in [-0.15, -0.1) is 0 Å². The average molecular weight is 251 g/mol. The van der Waals surface area contributed by atoms with Crippen LogP contribution in [0.4, 0.5) is 10.1 Å². The van der Waals surface area contributed by atoms with Crippen molar-refractivity contribution in [2.75, 3.05) is 5.32 Å². The summed E-state index contributed by atoms with van der Waals surface area (Å²) in [5, 5.41) is 2.92. The number of hydrogen-bond acceptors (Lipinski definition) is 2. The second-order valence-corrected chi connectivity index (χ2v) is 3.72. The quantitative estimate of drug-likeness (QED) is 0.890. The Morgan fingerprint density at radius 3 is 2.59 bits per heavy atom. The maximum Gasteiger partial charge on any atom is 0.258 e. The first-order valence-electron chi connectivity index (χ1n) is 4.83. The molecule has 0 unspecified atom stereocenters. The molecule has 1 amide bonds. The van der Waals surface area contributed by atoms with E-state index in [1.165, 1.54) is 42.7 Å². The molecule has 0 saturated heterocycles. The zero-order valence-corrected chi connectivity index (χ0v) is 9.41. The van der Waals surface area contributed by atoms with Gasteiger partial charge < -0.3 is 5.32 Å². The maximum absolute atomic E-state index is 12.7. The van der Waals surface area contributed by atoms with Crippen LogP contribution in [0, 0.1) is 5.82 Å². The number of pyridine rings is 1. The second kappa shape index (κ2) is 4.93. The van der Waals surface area contributed by atoms with Crippen molar-refractivity contribution in [2.45, 2.75) is 0 Å². The Morgan fingerprint density at radius 1 is 1.24 bits per heavy atom. The Morgan fingerprint density at radius 2 is 1.94 bits per heavy atom. The van der Waals surface area contributed by atoms with Crippen molar-refractivity contribution < 1.29 is 9.18 Å². The third-order valence-electron chi connectivity index (χ3n) is 2.11. The standard InChI is InChI=1S/C12H8ClFN2O/c13-11-5-6-15-7-10(11)12(17)16-9-3-1-8(14)2-4-9/h1-7H,(H,16,17). The van der Waals surface area contributed by atoms with Crippen molar-refractivity contribution in [2.24, 2.45) is 0 Å². The van der Waals surface area contributed by atoms with Gasteiger partial charge in [0.15, 0.2) is 0 Å². The molecule has 0 saturated carbocycles. The molecule has 3 nitrogen and oxygen atoms in total. The molecular weight excluding hydrogens is 243 g/mol. The van der Waals surface area contributed by atoms with Crippen LogP contribution in [0.15, 0.2) is 42.7 Å². The summed E-state index contributed by atoms with van der Waals surface area (Å²) in [6, 6.07) is 7.00. The Kier molecular flexibility index (Phi) is 3.35. The number of hydrogen-bond donors (Lipinski definition) is 1. The molecule has 1 heterocycles. The lowest BCUT2D eigenvalue weighted by Gasteiger charge is -2.05. The Hall–Kier alpha value is -1.94. The van der Waals surface area contributed by atoms with Crippen LogP contribution in [0.25, 0.3) is 0 Å². The number of amides is 1. The molecule has 86 valence electrons. The average Bonchev–Trinajstić information content (AvgIpc) is 2.32. The fourth-order valence-electron chi connectivity index (χ4n) is 1.28. The van der Waals surface area contributed by atoms with Crippen molar-refractivity contribution in [3.05, 3.63) is 59.1 Å². The van der Waals surface area contributed by atoms with Gasteiger partial charge in [0.1, 0.15) is 5.82 Å². The molecule has 2 rings (SSSR count). The van der Waals surface area contributed by atoms with E-state index in [4.69, 9.17) is 11.6 Å². The molecule has 0 radical (unpaired) electrons. The maximum atomic E-state index is 12.7. The number of carbonyl (C=O) groups is 1. The van der Waals surface area contributed by atoms with E-state index in [0.717, 1.165) is 0 Å². The van der Waals surface area contributed by atoms with Gasteiger partial charge in [0.2, 0.25) is 0 Å². The zero-order valence-electron chi connectivity index (χ0n) is 8.65. The van der Waals surface area contributed by atoms with E-state index < -0.39 is 0 Å². The van der Waals surface area contributed by atoms with Gasteiger partial charge in [-0.2, -0.15) is 0 Å². The minimum atomic E-state index is -0.380. The van der Waals surface area contributed by atoms with Crippen LogP contribution in [-0.4, -0.2) is 10.9 Å². The minimum Gasteiger partial charge on any atom is -0.322 e. The first-order chi connectivity index (χ1) is 8.16. The van der Waals surface area contributed by atoms with Crippen molar-refractivity contribution >= 4 is 23.2 Å². The molecule has 0 aliphatic heterocycles. The van der Waals surface area contributed by atoms with Gasteiger partial charge in [0.05, 0.1) is 10.6 Å². The van der Waals surface area contributed by atoms with Crippen LogP contribution in [-0.2, 0) is 0 Å². The first kappa shape index (κ1) is 11.5. The fourth-order valence-corrected chi connectivity index (χ4v) is 1.47. The smallest absolute Gasteiger partial charge is 0.258 e. The van der Waals surface area contributed by atoms with Gasteiger partial charge in [-0.1, -0.05) is 11.6 Å². The van der Waals surface area contributed by atoms with Crippen LogP contribution in [0.5, 0.6) is 0 Å². The molecule has 1 N–H and O–H groups in total. The lowest BCUT2D eigenvalue weighted by molar-refractivity contribution is 0.102. The number of nitrogens with one attached hydrogen (secondary N) is 1. The molecule has 0 fully saturated rings. The molecule has 5 heteroatoms. The summed E-state index contributed by atoms with van der Waals surface area (Å²) in [5.74, 6) is -0.739. The SMILES string of the molecule is O=C(Nc1ccc(F)cc1)c1cnccc1Cl. The third kappa shape index (κ3) is 2.79. The monoisotopic (exact) mass is 250 g/mol. The summed E-state index contributed by atoms with van der Waals surface area (Å²) in [6.07, 6.45) is 2.87. The van der Waals surface area contributed by atoms with Crippen molar-refractivity contribution in [1.29, 1.82) is 0 Å². The van der Waals surface area contributed by atoms with Gasteiger partial charge in [-0.05, 0) is 30.3 Å². The van der Waals surface area contributed by atoms with E-state index in [1.54, 1.807) is 0 Å². The number of anilines is 1. The van der Waals surface area contributed by atoms with Gasteiger partial charge in [-0.3, -0.25) is 9.78 Å². The minimum absolute atomic E-state index is 0.276. The number of aromatic nitrogens is 1. The summed E-state index contributed by atoms with van der Waals surface area (Å²) in [5.41, 5.74) is 0.773. The highest BCUT2D eigenvalue weighted by molar-refractivity contribution is 6.34. The summed E-state index contributed by atoms with van der Waals surface area (Å²) in [6.45, 7) is 0. The van der Waals surface area contributed by atoms with Crippen LogP contribution in [0.3, 0.4) is 0 Å². The first-order valence-corrected chi connectivity index (χ1v) is 5.21. The molecule has 2 aromatic rings. The van der Waals surface area contributed by atoms with Crippen LogP contribution < -0.4 is 5.32 Å². The van der Waals surface area contributed by atoms with Gasteiger partial charge >= 0.3 is 0 Å². The number of rotatable bonds is 2. The van der Waals surface area contributed by atoms with Crippen LogP contribution in [0.2, 0.25) is 5.02 Å². The van der Waals surface area contributed by atoms with E-state index in [1.807, 2.05) is 0 Å². The van der Waals surface area contributed by atoms with Gasteiger partial charge in [0.25, 0.3) is 5.91 Å². The van der Waals surface area contributed by atoms with Crippen molar-refractivity contribution in [3.63, 3.8) is 0 Å². The normalized spacial score (nSPS) is 10.0. The molecule has 1 aromatic carbocycles. The molecule has 0 atom stereocenters. The Bertz CT molecular complexity index is 542. The Labute approximate surface area is 102 Å². The second-order valence-electron chi connectivity index (χ2n) is 3.32. The van der Waals surface area contributed by atoms with E-state index >= 15 is 0 Å². The molecule has 0 bridgehead atoms. The summed E-state index contributed by atoms with van der Waals surface area (Å²) in [7, 11) is 0. The lowest BCUT2D eigenvalue weighted by atomic mass is 10.2. The number of benzene rings is 1. The molecular formula is C12H8ClFN2O. The predicted octanol–water partition coefficient (Wildman–Crippen LogP) is 3.13. The molecule has 0 spiro atoms. The van der Waals surface area contributed by atoms with E-state index in [9.17, 15) is 9.18 Å². The van der Waals surface area contributed by atoms with Crippen molar-refractivity contribution in [1.82, 2.24) is 4.98 Å². The largest absolute Gasteiger partial charge is 0.322 e. The summed E-state index contributed by atoms with van der Waals surface area (Å²) >= 11 is 5.85. The van der Waals surface area contributed by atoms with Gasteiger partial charge in [0, 0.05) is 18.1 Å². The van der Waals surface area contributed by atoms with Crippen LogP contribution in [0.1, 0.15) is 10.4 Å². The Balaban J connectivity index is 2.17.